The smallest absolute Gasteiger partial charge is 0.207 e. The van der Waals surface area contributed by atoms with E-state index < -0.39 is 0 Å². The quantitative estimate of drug-likeness (QED) is 0.747. The molecule has 2 atom stereocenters. The maximum Gasteiger partial charge on any atom is 0.207 e. The summed E-state index contributed by atoms with van der Waals surface area (Å²) in [5.41, 5.74) is 10.2. The lowest BCUT2D eigenvalue weighted by atomic mass is 10.1. The zero-order chi connectivity index (χ0) is 18.1. The first-order valence-corrected chi connectivity index (χ1v) is 9.15. The Morgan fingerprint density at radius 3 is 2.63 bits per heavy atom. The van der Waals surface area contributed by atoms with Crippen LogP contribution in [0.3, 0.4) is 0 Å². The highest BCUT2D eigenvalue weighted by atomic mass is 35.5. The second-order valence-corrected chi connectivity index (χ2v) is 7.03. The standard InChI is InChI=1S/C21H23N5.ClH/c1-15(17-10-8-16(13-22)9-11-17)26-20-7-3-2-6-19(20)24-21(26)25-12-4-5-18(23)14-25;/h2-3,6-11,15,18H,4-5,12,14,23H2,1H3;1H/t15-,18-;/m0./s1. The van der Waals surface area contributed by atoms with Crippen molar-refractivity contribution in [1.29, 1.82) is 5.26 Å². The lowest BCUT2D eigenvalue weighted by molar-refractivity contribution is 0.490. The number of halogens is 1. The molecule has 2 aromatic carbocycles. The summed E-state index contributed by atoms with van der Waals surface area (Å²) in [6.07, 6.45) is 2.16. The molecule has 0 saturated carbocycles. The van der Waals surface area contributed by atoms with Gasteiger partial charge in [-0.15, -0.1) is 12.4 Å². The molecule has 2 heterocycles. The monoisotopic (exact) mass is 381 g/mol. The molecule has 5 nitrogen and oxygen atoms in total. The van der Waals surface area contributed by atoms with Gasteiger partial charge in [-0.2, -0.15) is 5.26 Å². The average molecular weight is 382 g/mol. The topological polar surface area (TPSA) is 70.9 Å². The van der Waals surface area contributed by atoms with Crippen LogP contribution in [-0.4, -0.2) is 28.7 Å². The van der Waals surface area contributed by atoms with Gasteiger partial charge in [0.05, 0.1) is 28.7 Å². The van der Waals surface area contributed by atoms with Gasteiger partial charge in [-0.3, -0.25) is 0 Å². The highest BCUT2D eigenvalue weighted by Gasteiger charge is 2.25. The average Bonchev–Trinajstić information content (AvgIpc) is 3.07. The van der Waals surface area contributed by atoms with E-state index in [4.69, 9.17) is 16.0 Å². The third-order valence-electron chi connectivity index (χ3n) is 5.23. The van der Waals surface area contributed by atoms with Crippen LogP contribution in [0, 0.1) is 11.3 Å². The maximum atomic E-state index is 9.05. The number of para-hydroxylation sites is 2. The van der Waals surface area contributed by atoms with Gasteiger partial charge in [-0.05, 0) is 49.6 Å². The fraction of sp³-hybridized carbons (Fsp3) is 0.333. The number of nitrogens with two attached hydrogens (primary N) is 1. The van der Waals surface area contributed by atoms with Crippen LogP contribution in [0.15, 0.2) is 48.5 Å². The molecule has 27 heavy (non-hydrogen) atoms. The third-order valence-corrected chi connectivity index (χ3v) is 5.23. The molecule has 0 bridgehead atoms. The minimum Gasteiger partial charge on any atom is -0.341 e. The third kappa shape index (κ3) is 3.64. The largest absolute Gasteiger partial charge is 0.341 e. The number of fused-ring (bicyclic) bond motifs is 1. The van der Waals surface area contributed by atoms with Crippen LogP contribution >= 0.6 is 12.4 Å². The summed E-state index contributed by atoms with van der Waals surface area (Å²) < 4.78 is 2.30. The predicted octanol–water partition coefficient (Wildman–Crippen LogP) is 3.87. The van der Waals surface area contributed by atoms with Crippen molar-refractivity contribution in [2.24, 2.45) is 5.73 Å². The molecular formula is C21H24ClN5. The van der Waals surface area contributed by atoms with Crippen molar-refractivity contribution in [2.45, 2.75) is 31.8 Å². The molecule has 140 valence electrons. The number of benzene rings is 2. The summed E-state index contributed by atoms with van der Waals surface area (Å²) >= 11 is 0. The van der Waals surface area contributed by atoms with E-state index >= 15 is 0 Å². The van der Waals surface area contributed by atoms with Gasteiger partial charge in [-0.1, -0.05) is 24.3 Å². The van der Waals surface area contributed by atoms with Gasteiger partial charge in [0.15, 0.2) is 0 Å². The van der Waals surface area contributed by atoms with Crippen LogP contribution in [0.1, 0.15) is 36.9 Å². The highest BCUT2D eigenvalue weighted by Crippen LogP contribution is 2.31. The van der Waals surface area contributed by atoms with Crippen molar-refractivity contribution in [3.8, 4) is 6.07 Å². The molecule has 4 rings (SSSR count). The Morgan fingerprint density at radius 1 is 1.19 bits per heavy atom. The Bertz CT molecular complexity index is 957. The van der Waals surface area contributed by atoms with Gasteiger partial charge >= 0.3 is 0 Å². The molecule has 1 aliphatic rings. The summed E-state index contributed by atoms with van der Waals surface area (Å²) in [4.78, 5) is 7.25. The zero-order valence-corrected chi connectivity index (χ0v) is 16.2. The Hall–Kier alpha value is -2.55. The molecule has 6 heteroatoms. The number of piperidine rings is 1. The molecule has 1 saturated heterocycles. The number of hydrogen-bond donors (Lipinski definition) is 1. The van der Waals surface area contributed by atoms with Crippen molar-refractivity contribution in [3.63, 3.8) is 0 Å². The van der Waals surface area contributed by atoms with E-state index in [1.807, 2.05) is 30.3 Å². The molecule has 2 N–H and O–H groups in total. The van der Waals surface area contributed by atoms with Gasteiger partial charge in [0.2, 0.25) is 5.95 Å². The lowest BCUT2D eigenvalue weighted by Gasteiger charge is -2.33. The normalized spacial score (nSPS) is 18.0. The van der Waals surface area contributed by atoms with Crippen LogP contribution in [0.2, 0.25) is 0 Å². The highest BCUT2D eigenvalue weighted by molar-refractivity contribution is 5.85. The van der Waals surface area contributed by atoms with E-state index in [2.05, 4.69) is 40.7 Å². The first-order chi connectivity index (χ1) is 12.7. The number of anilines is 1. The minimum atomic E-state index is 0. The van der Waals surface area contributed by atoms with Crippen molar-refractivity contribution in [1.82, 2.24) is 9.55 Å². The van der Waals surface area contributed by atoms with E-state index in [1.165, 1.54) is 0 Å². The van der Waals surface area contributed by atoms with Gasteiger partial charge in [0, 0.05) is 19.1 Å². The number of nitriles is 1. The minimum absolute atomic E-state index is 0. The Balaban J connectivity index is 0.00000210. The van der Waals surface area contributed by atoms with Crippen LogP contribution < -0.4 is 10.6 Å². The van der Waals surface area contributed by atoms with Crippen molar-refractivity contribution < 1.29 is 0 Å². The van der Waals surface area contributed by atoms with E-state index in [9.17, 15) is 0 Å². The molecule has 1 aromatic heterocycles. The summed E-state index contributed by atoms with van der Waals surface area (Å²) in [5.74, 6) is 0.984. The molecule has 3 aromatic rings. The summed E-state index contributed by atoms with van der Waals surface area (Å²) in [6.45, 7) is 4.00. The predicted molar refractivity (Wildman–Crippen MR) is 111 cm³/mol. The van der Waals surface area contributed by atoms with Gasteiger partial charge in [0.1, 0.15) is 0 Å². The SMILES string of the molecule is C[C@@H](c1ccc(C#N)cc1)n1c(N2CCC[C@H](N)C2)nc2ccccc21.Cl. The zero-order valence-electron chi connectivity index (χ0n) is 15.4. The van der Waals surface area contributed by atoms with Gasteiger partial charge in [0.25, 0.3) is 0 Å². The summed E-state index contributed by atoms with van der Waals surface area (Å²) in [5, 5.41) is 9.05. The molecule has 0 radical (unpaired) electrons. The van der Waals surface area contributed by atoms with E-state index in [0.29, 0.717) is 5.56 Å². The fourth-order valence-electron chi connectivity index (χ4n) is 3.81. The Morgan fingerprint density at radius 2 is 1.93 bits per heavy atom. The first-order valence-electron chi connectivity index (χ1n) is 9.15. The second-order valence-electron chi connectivity index (χ2n) is 7.03. The van der Waals surface area contributed by atoms with Gasteiger partial charge in [-0.25, -0.2) is 4.98 Å². The van der Waals surface area contributed by atoms with Crippen molar-refractivity contribution in [3.05, 3.63) is 59.7 Å². The van der Waals surface area contributed by atoms with E-state index in [-0.39, 0.29) is 24.5 Å². The molecular weight excluding hydrogens is 358 g/mol. The summed E-state index contributed by atoms with van der Waals surface area (Å²) in [6, 6.07) is 18.6. The number of hydrogen-bond acceptors (Lipinski definition) is 4. The van der Waals surface area contributed by atoms with Crippen LogP contribution in [0.25, 0.3) is 11.0 Å². The van der Waals surface area contributed by atoms with E-state index in [0.717, 1.165) is 48.5 Å². The number of aromatic nitrogens is 2. The number of imidazole rings is 1. The molecule has 0 amide bonds. The van der Waals surface area contributed by atoms with Crippen molar-refractivity contribution >= 4 is 29.4 Å². The second kappa shape index (κ2) is 7.99. The van der Waals surface area contributed by atoms with Gasteiger partial charge < -0.3 is 15.2 Å². The molecule has 1 aliphatic heterocycles. The molecule has 0 unspecified atom stereocenters. The maximum absolute atomic E-state index is 9.05. The number of nitrogens with zero attached hydrogens (tertiary/aromatic N) is 4. The van der Waals surface area contributed by atoms with Crippen LogP contribution in [0.4, 0.5) is 5.95 Å². The van der Waals surface area contributed by atoms with Crippen molar-refractivity contribution in [2.75, 3.05) is 18.0 Å². The molecule has 0 aliphatic carbocycles. The van der Waals surface area contributed by atoms with Crippen LogP contribution in [-0.2, 0) is 0 Å². The summed E-state index contributed by atoms with van der Waals surface area (Å²) in [7, 11) is 0. The number of rotatable bonds is 3. The molecule has 1 fully saturated rings. The lowest BCUT2D eigenvalue weighted by Crippen LogP contribution is -2.44. The Labute approximate surface area is 165 Å². The van der Waals surface area contributed by atoms with Crippen LogP contribution in [0.5, 0.6) is 0 Å². The molecule has 0 spiro atoms. The Kier molecular flexibility index (Phi) is 5.69. The van der Waals surface area contributed by atoms with E-state index in [1.54, 1.807) is 0 Å². The first kappa shape index (κ1) is 19.2. The fourth-order valence-corrected chi connectivity index (χ4v) is 3.81.